The van der Waals surface area contributed by atoms with Crippen LogP contribution in [-0.4, -0.2) is 56.3 Å². The van der Waals surface area contributed by atoms with Crippen molar-refractivity contribution in [1.29, 1.82) is 0 Å². The van der Waals surface area contributed by atoms with Crippen LogP contribution in [0.15, 0.2) is 18.2 Å². The van der Waals surface area contributed by atoms with Crippen molar-refractivity contribution in [1.82, 2.24) is 10.2 Å². The normalized spacial score (nSPS) is 13.7. The van der Waals surface area contributed by atoms with Gasteiger partial charge in [0.05, 0.1) is 14.2 Å². The second-order valence-electron chi connectivity index (χ2n) is 6.72. The summed E-state index contributed by atoms with van der Waals surface area (Å²) in [6, 6.07) is 4.54. The first-order valence-corrected chi connectivity index (χ1v) is 9.69. The van der Waals surface area contributed by atoms with Crippen molar-refractivity contribution < 1.29 is 36.2 Å². The number of benzene rings is 2. The highest BCUT2D eigenvalue weighted by Gasteiger charge is 2.31. The molecule has 0 spiro atoms. The van der Waals surface area contributed by atoms with Crippen LogP contribution in [-0.2, 0) is 0 Å². The zero-order chi connectivity index (χ0) is 23.6. The monoisotopic (exact) mass is 475 g/mol. The Morgan fingerprint density at radius 2 is 1.41 bits per heavy atom. The summed E-state index contributed by atoms with van der Waals surface area (Å²) in [4.78, 5) is 15.1. The third-order valence-corrected chi connectivity index (χ3v) is 5.30. The van der Waals surface area contributed by atoms with Gasteiger partial charge in [0.15, 0.2) is 39.9 Å². The SMILES string of the molecule is COc1ccc(C(=O)NC(=S)N2CCN(c3c(F)c(F)c(F)c(F)c3F)CC2)cc1OC. The number of thiocarbonyl (C=S) groups is 1. The van der Waals surface area contributed by atoms with Crippen LogP contribution in [0, 0.1) is 29.1 Å². The Labute approximate surface area is 185 Å². The maximum atomic E-state index is 14.0. The summed E-state index contributed by atoms with van der Waals surface area (Å²) < 4.78 is 78.6. The molecule has 32 heavy (non-hydrogen) atoms. The van der Waals surface area contributed by atoms with Gasteiger partial charge >= 0.3 is 0 Å². The summed E-state index contributed by atoms with van der Waals surface area (Å²) in [6.45, 7) is 0.0184. The van der Waals surface area contributed by atoms with E-state index >= 15 is 0 Å². The Balaban J connectivity index is 1.66. The van der Waals surface area contributed by atoms with Crippen LogP contribution in [0.3, 0.4) is 0 Å². The first kappa shape index (κ1) is 23.5. The van der Waals surface area contributed by atoms with Gasteiger partial charge in [-0.2, -0.15) is 0 Å². The van der Waals surface area contributed by atoms with E-state index in [1.165, 1.54) is 26.4 Å². The molecule has 2 aromatic carbocycles. The van der Waals surface area contributed by atoms with Gasteiger partial charge in [0.2, 0.25) is 5.82 Å². The number of anilines is 1. The minimum atomic E-state index is -2.21. The van der Waals surface area contributed by atoms with Gasteiger partial charge < -0.3 is 19.3 Å². The predicted octanol–water partition coefficient (Wildman–Crippen LogP) is 3.24. The predicted molar refractivity (Wildman–Crippen MR) is 110 cm³/mol. The van der Waals surface area contributed by atoms with Crippen molar-refractivity contribution in [3.05, 3.63) is 52.8 Å². The molecular formula is C20H18F5N3O3S. The van der Waals surface area contributed by atoms with E-state index in [1.807, 2.05) is 0 Å². The molecule has 1 amide bonds. The maximum absolute atomic E-state index is 14.0. The van der Waals surface area contributed by atoms with Gasteiger partial charge in [0.1, 0.15) is 5.69 Å². The first-order valence-electron chi connectivity index (χ1n) is 9.28. The van der Waals surface area contributed by atoms with E-state index in [0.29, 0.717) is 11.5 Å². The molecule has 0 aliphatic carbocycles. The van der Waals surface area contributed by atoms with Gasteiger partial charge in [-0.25, -0.2) is 22.0 Å². The molecule has 172 valence electrons. The van der Waals surface area contributed by atoms with E-state index in [0.717, 1.165) is 4.90 Å². The molecule has 6 nitrogen and oxygen atoms in total. The van der Waals surface area contributed by atoms with Gasteiger partial charge in [-0.1, -0.05) is 0 Å². The number of amides is 1. The molecule has 12 heteroatoms. The fourth-order valence-electron chi connectivity index (χ4n) is 3.23. The summed E-state index contributed by atoms with van der Waals surface area (Å²) in [6.07, 6.45) is 0. The molecule has 1 heterocycles. The molecule has 1 aliphatic heterocycles. The highest BCUT2D eigenvalue weighted by atomic mass is 32.1. The van der Waals surface area contributed by atoms with E-state index < -0.39 is 40.7 Å². The topological polar surface area (TPSA) is 54.0 Å². The standard InChI is InChI=1S/C20H18F5N3O3S/c1-30-11-4-3-10(9-12(11)31-2)19(29)26-20(32)28-7-5-27(6-8-28)18-16(24)14(22)13(21)15(23)17(18)25/h3-4,9H,5-8H2,1-2H3,(H,26,29,32). The fourth-order valence-corrected chi connectivity index (χ4v) is 3.51. The molecule has 1 saturated heterocycles. The molecule has 0 aromatic heterocycles. The Kier molecular flexibility index (Phi) is 7.02. The third kappa shape index (κ3) is 4.40. The highest BCUT2D eigenvalue weighted by molar-refractivity contribution is 7.80. The van der Waals surface area contributed by atoms with Crippen LogP contribution in [0.2, 0.25) is 0 Å². The van der Waals surface area contributed by atoms with Gasteiger partial charge in [0.25, 0.3) is 5.91 Å². The number of hydrogen-bond donors (Lipinski definition) is 1. The molecule has 0 radical (unpaired) electrons. The lowest BCUT2D eigenvalue weighted by molar-refractivity contribution is 0.0972. The molecule has 2 aromatic rings. The zero-order valence-electron chi connectivity index (χ0n) is 17.0. The molecule has 0 unspecified atom stereocenters. The number of rotatable bonds is 4. The lowest BCUT2D eigenvalue weighted by Crippen LogP contribution is -2.53. The molecule has 1 aliphatic rings. The molecular weight excluding hydrogens is 457 g/mol. The quantitative estimate of drug-likeness (QED) is 0.317. The van der Waals surface area contributed by atoms with Gasteiger partial charge in [-0.15, -0.1) is 0 Å². The van der Waals surface area contributed by atoms with Crippen LogP contribution >= 0.6 is 12.2 Å². The van der Waals surface area contributed by atoms with E-state index in [4.69, 9.17) is 21.7 Å². The van der Waals surface area contributed by atoms with Crippen LogP contribution in [0.25, 0.3) is 0 Å². The number of halogens is 5. The van der Waals surface area contributed by atoms with Crippen molar-refractivity contribution in [3.63, 3.8) is 0 Å². The summed E-state index contributed by atoms with van der Waals surface area (Å²) in [5, 5.41) is 2.60. The van der Waals surface area contributed by atoms with E-state index in [-0.39, 0.29) is 36.9 Å². The van der Waals surface area contributed by atoms with Crippen molar-refractivity contribution in [3.8, 4) is 11.5 Å². The van der Waals surface area contributed by atoms with Crippen molar-refractivity contribution in [2.45, 2.75) is 0 Å². The minimum absolute atomic E-state index is 0.0573. The smallest absolute Gasteiger partial charge is 0.257 e. The Bertz CT molecular complexity index is 1030. The third-order valence-electron chi connectivity index (χ3n) is 4.94. The number of methoxy groups -OCH3 is 2. The van der Waals surface area contributed by atoms with E-state index in [9.17, 15) is 26.7 Å². The van der Waals surface area contributed by atoms with E-state index in [2.05, 4.69) is 5.32 Å². The lowest BCUT2D eigenvalue weighted by Gasteiger charge is -2.37. The lowest BCUT2D eigenvalue weighted by atomic mass is 10.2. The van der Waals surface area contributed by atoms with Gasteiger partial charge in [0, 0.05) is 31.7 Å². The van der Waals surface area contributed by atoms with Gasteiger partial charge in [-0.3, -0.25) is 10.1 Å². The number of nitrogens with zero attached hydrogens (tertiary/aromatic N) is 2. The Morgan fingerprint density at radius 3 is 1.94 bits per heavy atom. The highest BCUT2D eigenvalue weighted by Crippen LogP contribution is 2.31. The number of piperazine rings is 1. The van der Waals surface area contributed by atoms with Crippen LogP contribution in [0.4, 0.5) is 27.6 Å². The molecule has 0 atom stereocenters. The Morgan fingerprint density at radius 1 is 0.875 bits per heavy atom. The zero-order valence-corrected chi connectivity index (χ0v) is 17.8. The van der Waals surface area contributed by atoms with Crippen molar-refractivity contribution in [2.75, 3.05) is 45.3 Å². The minimum Gasteiger partial charge on any atom is -0.493 e. The van der Waals surface area contributed by atoms with E-state index in [1.54, 1.807) is 11.0 Å². The average Bonchev–Trinajstić information content (AvgIpc) is 2.81. The van der Waals surface area contributed by atoms with Crippen molar-refractivity contribution in [2.24, 2.45) is 0 Å². The van der Waals surface area contributed by atoms with Gasteiger partial charge in [-0.05, 0) is 30.4 Å². The van der Waals surface area contributed by atoms with Crippen LogP contribution in [0.1, 0.15) is 10.4 Å². The summed E-state index contributed by atoms with van der Waals surface area (Å²) in [5.41, 5.74) is -0.730. The first-order chi connectivity index (χ1) is 15.2. The Hall–Kier alpha value is -3.15. The molecule has 0 bridgehead atoms. The second-order valence-corrected chi connectivity index (χ2v) is 7.11. The summed E-state index contributed by atoms with van der Waals surface area (Å²) in [5.74, 6) is -9.71. The number of carbonyl (C=O) groups is 1. The molecule has 1 fully saturated rings. The molecule has 1 N–H and O–H groups in total. The number of hydrogen-bond acceptors (Lipinski definition) is 5. The fraction of sp³-hybridized carbons (Fsp3) is 0.300. The summed E-state index contributed by atoms with van der Waals surface area (Å²) >= 11 is 5.23. The molecule has 0 saturated carbocycles. The molecule has 3 rings (SSSR count). The largest absolute Gasteiger partial charge is 0.493 e. The average molecular weight is 475 g/mol. The van der Waals surface area contributed by atoms with Crippen molar-refractivity contribution >= 4 is 28.9 Å². The van der Waals surface area contributed by atoms with Crippen LogP contribution in [0.5, 0.6) is 11.5 Å². The van der Waals surface area contributed by atoms with Crippen LogP contribution < -0.4 is 19.7 Å². The second kappa shape index (κ2) is 9.55. The maximum Gasteiger partial charge on any atom is 0.257 e. The number of ether oxygens (including phenoxy) is 2. The summed E-state index contributed by atoms with van der Waals surface area (Å²) in [7, 11) is 2.88. The number of nitrogens with one attached hydrogen (secondary N) is 1. The number of carbonyl (C=O) groups excluding carboxylic acids is 1.